The number of fused-ring (bicyclic) bond motifs is 1. The smallest absolute Gasteiger partial charge is 0.263 e. The summed E-state index contributed by atoms with van der Waals surface area (Å²) in [6.45, 7) is 13.0. The van der Waals surface area contributed by atoms with Crippen molar-refractivity contribution in [3.63, 3.8) is 0 Å². The highest BCUT2D eigenvalue weighted by Gasteiger charge is 2.24. The molecule has 0 amide bonds. The van der Waals surface area contributed by atoms with Gasteiger partial charge >= 0.3 is 0 Å². The van der Waals surface area contributed by atoms with Gasteiger partial charge in [-0.05, 0) is 39.5 Å². The van der Waals surface area contributed by atoms with Crippen molar-refractivity contribution in [3.8, 4) is 0 Å². The molecule has 2 aromatic rings. The van der Waals surface area contributed by atoms with Crippen molar-refractivity contribution in [2.45, 2.75) is 59.1 Å². The Morgan fingerprint density at radius 2 is 2.00 bits per heavy atom. The molecule has 0 saturated carbocycles. The molecule has 0 bridgehead atoms. The number of ether oxygens (including phenoxy) is 1. The quantitative estimate of drug-likeness (QED) is 0.920. The number of anilines is 1. The molecule has 3 rings (SSSR count). The van der Waals surface area contributed by atoms with Crippen molar-refractivity contribution < 1.29 is 4.74 Å². The van der Waals surface area contributed by atoms with Crippen molar-refractivity contribution in [1.82, 2.24) is 19.7 Å². The summed E-state index contributed by atoms with van der Waals surface area (Å²) >= 11 is 0. The van der Waals surface area contributed by atoms with Crippen LogP contribution in [0.2, 0.25) is 0 Å². The molecule has 0 aromatic carbocycles. The molecule has 25 heavy (non-hydrogen) atoms. The molecular formula is C18H29N5O2. The maximum atomic E-state index is 12.4. The van der Waals surface area contributed by atoms with Crippen molar-refractivity contribution in [2.24, 2.45) is 5.92 Å². The highest BCUT2D eigenvalue weighted by molar-refractivity contribution is 5.74. The summed E-state index contributed by atoms with van der Waals surface area (Å²) in [5.74, 6) is 1.18. The van der Waals surface area contributed by atoms with E-state index in [0.29, 0.717) is 29.0 Å². The average Bonchev–Trinajstić information content (AvgIpc) is 2.98. The minimum Gasteiger partial charge on any atom is -0.378 e. The number of hydrogen-bond donors (Lipinski definition) is 1. The molecule has 1 aliphatic rings. The first-order chi connectivity index (χ1) is 11.8. The summed E-state index contributed by atoms with van der Waals surface area (Å²) in [5, 5.41) is 4.90. The predicted molar refractivity (Wildman–Crippen MR) is 99.2 cm³/mol. The van der Waals surface area contributed by atoms with Gasteiger partial charge in [-0.2, -0.15) is 10.1 Å². The third kappa shape index (κ3) is 3.86. The van der Waals surface area contributed by atoms with Crippen LogP contribution in [0.1, 0.15) is 47.5 Å². The maximum Gasteiger partial charge on any atom is 0.263 e. The summed E-state index contributed by atoms with van der Waals surface area (Å²) in [4.78, 5) is 22.2. The van der Waals surface area contributed by atoms with Crippen LogP contribution in [0.15, 0.2) is 11.0 Å². The molecule has 0 atom stereocenters. The first-order valence-corrected chi connectivity index (χ1v) is 9.11. The fourth-order valence-corrected chi connectivity index (χ4v) is 3.11. The van der Waals surface area contributed by atoms with Crippen LogP contribution in [0, 0.1) is 5.92 Å². The number of nitrogens with one attached hydrogen (secondary N) is 1. The Kier molecular flexibility index (Phi) is 4.86. The fraction of sp³-hybridized carbons (Fsp3) is 0.722. The maximum absolute atomic E-state index is 12.4. The van der Waals surface area contributed by atoms with Crippen molar-refractivity contribution >= 4 is 17.0 Å². The van der Waals surface area contributed by atoms with Gasteiger partial charge in [-0.15, -0.1) is 0 Å². The molecule has 7 nitrogen and oxygen atoms in total. The highest BCUT2D eigenvalue weighted by atomic mass is 16.5. The first-order valence-electron chi connectivity index (χ1n) is 9.11. The zero-order valence-electron chi connectivity index (χ0n) is 15.9. The number of rotatable bonds is 4. The lowest BCUT2D eigenvalue weighted by atomic mass is 10.1. The number of nitrogens with zero attached hydrogens (tertiary/aromatic N) is 4. The lowest BCUT2D eigenvalue weighted by Gasteiger charge is -2.32. The van der Waals surface area contributed by atoms with Gasteiger partial charge in [0.05, 0.1) is 17.8 Å². The van der Waals surface area contributed by atoms with E-state index in [1.807, 2.05) is 4.68 Å². The molecule has 0 radical (unpaired) electrons. The molecule has 1 aliphatic heterocycles. The molecule has 3 heterocycles. The Labute approximate surface area is 148 Å². The van der Waals surface area contributed by atoms with E-state index in [1.54, 1.807) is 6.20 Å². The molecule has 2 aromatic heterocycles. The number of piperidine rings is 1. The van der Waals surface area contributed by atoms with Gasteiger partial charge in [0, 0.05) is 19.7 Å². The zero-order valence-corrected chi connectivity index (χ0v) is 15.9. The van der Waals surface area contributed by atoms with Gasteiger partial charge in [-0.1, -0.05) is 13.8 Å². The second-order valence-corrected chi connectivity index (χ2v) is 8.27. The number of H-pyrrole nitrogens is 1. The topological polar surface area (TPSA) is 76.0 Å². The van der Waals surface area contributed by atoms with Crippen LogP contribution < -0.4 is 10.5 Å². The molecule has 1 fully saturated rings. The molecule has 0 spiro atoms. The van der Waals surface area contributed by atoms with Crippen LogP contribution in [0.3, 0.4) is 0 Å². The number of hydrogen-bond acceptors (Lipinski definition) is 5. The summed E-state index contributed by atoms with van der Waals surface area (Å²) in [5.41, 5.74) is 0.287. The van der Waals surface area contributed by atoms with E-state index in [2.05, 4.69) is 49.6 Å². The Morgan fingerprint density at radius 1 is 1.32 bits per heavy atom. The normalized spacial score (nSPS) is 17.0. The second kappa shape index (κ2) is 6.78. The van der Waals surface area contributed by atoms with Crippen LogP contribution in [0.25, 0.3) is 11.0 Å². The van der Waals surface area contributed by atoms with Gasteiger partial charge in [-0.3, -0.25) is 9.78 Å². The summed E-state index contributed by atoms with van der Waals surface area (Å²) in [7, 11) is 0. The summed E-state index contributed by atoms with van der Waals surface area (Å²) in [6.07, 6.45) is 3.80. The lowest BCUT2D eigenvalue weighted by Crippen LogP contribution is -2.39. The van der Waals surface area contributed by atoms with Crippen molar-refractivity contribution in [3.05, 3.63) is 16.6 Å². The highest BCUT2D eigenvalue weighted by Crippen LogP contribution is 2.22. The predicted octanol–water partition coefficient (Wildman–Crippen LogP) is 2.52. The minimum absolute atomic E-state index is 0.131. The van der Waals surface area contributed by atoms with E-state index in [0.717, 1.165) is 32.5 Å². The van der Waals surface area contributed by atoms with Crippen molar-refractivity contribution in [1.29, 1.82) is 0 Å². The van der Waals surface area contributed by atoms with Crippen LogP contribution in [0.4, 0.5) is 5.95 Å². The fourth-order valence-electron chi connectivity index (χ4n) is 3.11. The van der Waals surface area contributed by atoms with Gasteiger partial charge < -0.3 is 9.64 Å². The van der Waals surface area contributed by atoms with Crippen molar-refractivity contribution in [2.75, 3.05) is 24.6 Å². The van der Waals surface area contributed by atoms with E-state index in [1.165, 1.54) is 0 Å². The van der Waals surface area contributed by atoms with E-state index in [9.17, 15) is 4.79 Å². The SMILES string of the molecule is CC(C)COC1CCN(c2nc3c(cnn3C(C)(C)C)c(=O)[nH]2)CC1. The van der Waals surface area contributed by atoms with Crippen LogP contribution in [-0.2, 0) is 10.3 Å². The molecule has 7 heteroatoms. The first kappa shape index (κ1) is 17.9. The van der Waals surface area contributed by atoms with Crippen LogP contribution >= 0.6 is 0 Å². The molecular weight excluding hydrogens is 318 g/mol. The minimum atomic E-state index is -0.225. The Balaban J connectivity index is 1.80. The summed E-state index contributed by atoms with van der Waals surface area (Å²) < 4.78 is 7.76. The second-order valence-electron chi connectivity index (χ2n) is 8.27. The van der Waals surface area contributed by atoms with Gasteiger partial charge in [-0.25, -0.2) is 4.68 Å². The molecule has 138 valence electrons. The van der Waals surface area contributed by atoms with Gasteiger partial charge in [0.25, 0.3) is 5.56 Å². The molecule has 1 saturated heterocycles. The third-order valence-electron chi connectivity index (χ3n) is 4.47. The largest absolute Gasteiger partial charge is 0.378 e. The third-order valence-corrected chi connectivity index (χ3v) is 4.47. The lowest BCUT2D eigenvalue weighted by molar-refractivity contribution is 0.0213. The monoisotopic (exact) mass is 347 g/mol. The Morgan fingerprint density at radius 3 is 2.60 bits per heavy atom. The standard InChI is InChI=1S/C18H29N5O2/c1-12(2)11-25-13-6-8-22(9-7-13)17-20-15-14(16(24)21-17)10-19-23(15)18(3,4)5/h10,12-13H,6-9,11H2,1-5H3,(H,20,21,24). The van der Waals surface area contributed by atoms with Gasteiger partial charge in [0.15, 0.2) is 5.65 Å². The van der Waals surface area contributed by atoms with Crippen LogP contribution in [-0.4, -0.2) is 45.5 Å². The van der Waals surface area contributed by atoms with E-state index >= 15 is 0 Å². The van der Waals surface area contributed by atoms with Crippen LogP contribution in [0.5, 0.6) is 0 Å². The Hall–Kier alpha value is -1.89. The average molecular weight is 347 g/mol. The Bertz CT molecular complexity index is 779. The van der Waals surface area contributed by atoms with Gasteiger partial charge in [0.1, 0.15) is 5.39 Å². The molecule has 0 aliphatic carbocycles. The van der Waals surface area contributed by atoms with E-state index in [-0.39, 0.29) is 11.1 Å². The summed E-state index contributed by atoms with van der Waals surface area (Å²) in [6, 6.07) is 0. The molecule has 0 unspecified atom stereocenters. The van der Waals surface area contributed by atoms with E-state index in [4.69, 9.17) is 9.72 Å². The molecule has 1 N–H and O–H groups in total. The number of aromatic nitrogens is 4. The van der Waals surface area contributed by atoms with E-state index < -0.39 is 0 Å². The number of aromatic amines is 1. The zero-order chi connectivity index (χ0) is 18.2. The van der Waals surface area contributed by atoms with Gasteiger partial charge in [0.2, 0.25) is 5.95 Å².